The monoisotopic (exact) mass is 257 g/mol. The van der Waals surface area contributed by atoms with E-state index in [2.05, 4.69) is 24.3 Å². The van der Waals surface area contributed by atoms with Crippen LogP contribution < -0.4 is 0 Å². The van der Waals surface area contributed by atoms with Gasteiger partial charge in [-0.15, -0.1) is 0 Å². The maximum atomic E-state index is 12.3. The van der Waals surface area contributed by atoms with Crippen molar-refractivity contribution in [3.8, 4) is 0 Å². The molecule has 2 atom stereocenters. The average molecular weight is 257 g/mol. The first-order valence-corrected chi connectivity index (χ1v) is 7.53. The molecule has 2 aliphatic rings. The van der Waals surface area contributed by atoms with Crippen molar-refractivity contribution in [3.05, 3.63) is 35.9 Å². The molecule has 1 aromatic rings. The van der Waals surface area contributed by atoms with E-state index in [-0.39, 0.29) is 0 Å². The number of rotatable bonds is 5. The smallest absolute Gasteiger partial charge is 0.225 e. The van der Waals surface area contributed by atoms with Gasteiger partial charge in [-0.05, 0) is 49.5 Å². The van der Waals surface area contributed by atoms with E-state index in [0.717, 1.165) is 44.1 Å². The van der Waals surface area contributed by atoms with Crippen molar-refractivity contribution < 1.29 is 4.79 Å². The minimum absolute atomic E-state index is 0.338. The van der Waals surface area contributed by atoms with Gasteiger partial charge in [-0.3, -0.25) is 4.79 Å². The number of aryl methyl sites for hydroxylation is 1. The summed E-state index contributed by atoms with van der Waals surface area (Å²) >= 11 is 0. The molecule has 0 spiro atoms. The molecule has 2 aliphatic carbocycles. The largest absolute Gasteiger partial charge is 0.346 e. The van der Waals surface area contributed by atoms with E-state index >= 15 is 0 Å². The van der Waals surface area contributed by atoms with Gasteiger partial charge >= 0.3 is 0 Å². The molecule has 2 heteroatoms. The highest BCUT2D eigenvalue weighted by molar-refractivity contribution is 5.79. The minimum atomic E-state index is 0.338. The van der Waals surface area contributed by atoms with E-state index in [9.17, 15) is 4.79 Å². The molecule has 2 saturated carbocycles. The highest BCUT2D eigenvalue weighted by atomic mass is 16.2. The van der Waals surface area contributed by atoms with Crippen molar-refractivity contribution in [2.45, 2.75) is 32.1 Å². The summed E-state index contributed by atoms with van der Waals surface area (Å²) in [5, 5.41) is 0. The number of fused-ring (bicyclic) bond motifs is 1. The normalized spacial score (nSPS) is 27.9. The van der Waals surface area contributed by atoms with Crippen LogP contribution >= 0.6 is 0 Å². The maximum Gasteiger partial charge on any atom is 0.225 e. The second-order valence-electron chi connectivity index (χ2n) is 6.27. The Labute approximate surface area is 115 Å². The number of hydrogen-bond donors (Lipinski definition) is 0. The summed E-state index contributed by atoms with van der Waals surface area (Å²) in [5.41, 5.74) is 1.37. The van der Waals surface area contributed by atoms with Gasteiger partial charge < -0.3 is 4.90 Å². The molecule has 0 aliphatic heterocycles. The lowest BCUT2D eigenvalue weighted by molar-refractivity contribution is -0.134. The molecule has 2 nitrogen and oxygen atoms in total. The second-order valence-corrected chi connectivity index (χ2v) is 6.27. The summed E-state index contributed by atoms with van der Waals surface area (Å²) in [6, 6.07) is 10.5. The quantitative estimate of drug-likeness (QED) is 0.793. The van der Waals surface area contributed by atoms with Crippen LogP contribution in [-0.2, 0) is 11.2 Å². The number of benzene rings is 1. The van der Waals surface area contributed by atoms with Crippen molar-refractivity contribution in [1.82, 2.24) is 4.90 Å². The van der Waals surface area contributed by atoms with Gasteiger partial charge in [0, 0.05) is 19.5 Å². The fourth-order valence-electron chi connectivity index (χ4n) is 3.50. The van der Waals surface area contributed by atoms with Crippen LogP contribution in [0.25, 0.3) is 0 Å². The second kappa shape index (κ2) is 5.36. The number of hydrogen-bond acceptors (Lipinski definition) is 1. The van der Waals surface area contributed by atoms with Gasteiger partial charge in [-0.1, -0.05) is 30.3 Å². The zero-order chi connectivity index (χ0) is 13.2. The van der Waals surface area contributed by atoms with Gasteiger partial charge in [-0.25, -0.2) is 0 Å². The molecule has 0 saturated heterocycles. The molecule has 0 aromatic heterocycles. The van der Waals surface area contributed by atoms with E-state index in [1.807, 2.05) is 18.0 Å². The summed E-state index contributed by atoms with van der Waals surface area (Å²) in [7, 11) is 1.97. The van der Waals surface area contributed by atoms with Crippen molar-refractivity contribution >= 4 is 5.91 Å². The van der Waals surface area contributed by atoms with Crippen molar-refractivity contribution in [2.24, 2.45) is 17.8 Å². The van der Waals surface area contributed by atoms with Gasteiger partial charge in [0.1, 0.15) is 0 Å². The van der Waals surface area contributed by atoms with Crippen LogP contribution in [0.5, 0.6) is 0 Å². The summed E-state index contributed by atoms with van der Waals surface area (Å²) in [6.07, 6.45) is 5.83. The Morgan fingerprint density at radius 1 is 1.16 bits per heavy atom. The Kier molecular flexibility index (Phi) is 3.58. The molecule has 0 N–H and O–H groups in total. The SMILES string of the molecule is CN(CCCc1ccccc1)C(=O)C1CC2CC2C1. The molecular formula is C17H23NO. The summed E-state index contributed by atoms with van der Waals surface area (Å²) in [4.78, 5) is 14.2. The van der Waals surface area contributed by atoms with E-state index < -0.39 is 0 Å². The number of carbonyl (C=O) groups is 1. The van der Waals surface area contributed by atoms with Gasteiger partial charge in [0.25, 0.3) is 0 Å². The standard InChI is InChI=1S/C17H23NO/c1-18(9-5-8-13-6-3-2-4-7-13)17(19)16-11-14-10-15(14)12-16/h2-4,6-7,14-16H,5,8-12H2,1H3. The lowest BCUT2D eigenvalue weighted by Gasteiger charge is -2.21. The minimum Gasteiger partial charge on any atom is -0.346 e. The van der Waals surface area contributed by atoms with Gasteiger partial charge in [0.2, 0.25) is 5.91 Å². The Hall–Kier alpha value is -1.31. The third kappa shape index (κ3) is 2.99. The molecule has 0 heterocycles. The lowest BCUT2D eigenvalue weighted by Crippen LogP contribution is -2.33. The van der Waals surface area contributed by atoms with Crippen LogP contribution in [0.1, 0.15) is 31.2 Å². The van der Waals surface area contributed by atoms with Gasteiger partial charge in [-0.2, -0.15) is 0 Å². The Morgan fingerprint density at radius 3 is 2.53 bits per heavy atom. The third-order valence-corrected chi connectivity index (χ3v) is 4.77. The van der Waals surface area contributed by atoms with E-state index in [1.54, 1.807) is 0 Å². The molecule has 2 unspecified atom stereocenters. The molecule has 1 aromatic carbocycles. The van der Waals surface area contributed by atoms with Crippen molar-refractivity contribution in [1.29, 1.82) is 0 Å². The first-order chi connectivity index (χ1) is 9.24. The average Bonchev–Trinajstić information content (AvgIpc) is 3.05. The van der Waals surface area contributed by atoms with Crippen LogP contribution in [0.2, 0.25) is 0 Å². The predicted molar refractivity (Wildman–Crippen MR) is 76.7 cm³/mol. The van der Waals surface area contributed by atoms with Crippen LogP contribution in [0.4, 0.5) is 0 Å². The number of nitrogens with zero attached hydrogens (tertiary/aromatic N) is 1. The van der Waals surface area contributed by atoms with Crippen molar-refractivity contribution in [2.75, 3.05) is 13.6 Å². The van der Waals surface area contributed by atoms with Crippen LogP contribution in [0, 0.1) is 17.8 Å². The first kappa shape index (κ1) is 12.7. The zero-order valence-electron chi connectivity index (χ0n) is 11.7. The van der Waals surface area contributed by atoms with Crippen LogP contribution in [0.3, 0.4) is 0 Å². The Balaban J connectivity index is 1.41. The van der Waals surface area contributed by atoms with Crippen molar-refractivity contribution in [3.63, 3.8) is 0 Å². The molecule has 1 amide bonds. The molecule has 102 valence electrons. The highest BCUT2D eigenvalue weighted by Crippen LogP contribution is 2.54. The summed E-state index contributed by atoms with van der Waals surface area (Å²) in [6.45, 7) is 0.888. The van der Waals surface area contributed by atoms with Gasteiger partial charge in [0.15, 0.2) is 0 Å². The maximum absolute atomic E-state index is 12.3. The fraction of sp³-hybridized carbons (Fsp3) is 0.588. The zero-order valence-corrected chi connectivity index (χ0v) is 11.7. The highest BCUT2D eigenvalue weighted by Gasteiger charge is 2.48. The molecule has 19 heavy (non-hydrogen) atoms. The van der Waals surface area contributed by atoms with E-state index in [0.29, 0.717) is 11.8 Å². The predicted octanol–water partition coefficient (Wildman–Crippen LogP) is 3.12. The summed E-state index contributed by atoms with van der Waals surface area (Å²) in [5.74, 6) is 2.52. The topological polar surface area (TPSA) is 20.3 Å². The van der Waals surface area contributed by atoms with Crippen LogP contribution in [-0.4, -0.2) is 24.4 Å². The molecule has 0 radical (unpaired) electrons. The third-order valence-electron chi connectivity index (χ3n) is 4.77. The summed E-state index contributed by atoms with van der Waals surface area (Å²) < 4.78 is 0. The molecule has 0 bridgehead atoms. The van der Waals surface area contributed by atoms with E-state index in [4.69, 9.17) is 0 Å². The molecule has 2 fully saturated rings. The van der Waals surface area contributed by atoms with Gasteiger partial charge in [0.05, 0.1) is 0 Å². The Morgan fingerprint density at radius 2 is 1.84 bits per heavy atom. The fourth-order valence-corrected chi connectivity index (χ4v) is 3.50. The number of carbonyl (C=O) groups excluding carboxylic acids is 1. The number of amides is 1. The van der Waals surface area contributed by atoms with E-state index in [1.165, 1.54) is 12.0 Å². The molecule has 3 rings (SSSR count). The Bertz CT molecular complexity index is 432. The molecular weight excluding hydrogens is 234 g/mol. The lowest BCUT2D eigenvalue weighted by atomic mass is 10.0. The first-order valence-electron chi connectivity index (χ1n) is 7.53. The van der Waals surface area contributed by atoms with Crippen LogP contribution in [0.15, 0.2) is 30.3 Å².